The lowest BCUT2D eigenvalue weighted by molar-refractivity contribution is 0.137. The van der Waals surface area contributed by atoms with Gasteiger partial charge in [0, 0.05) is 38.0 Å². The van der Waals surface area contributed by atoms with E-state index in [4.69, 9.17) is 25.6 Å². The van der Waals surface area contributed by atoms with Crippen molar-refractivity contribution in [3.8, 4) is 11.5 Å². The number of aromatic nitrogens is 1. The Morgan fingerprint density at radius 3 is 2.67 bits per heavy atom. The molecule has 3 rings (SSSR count). The average molecular weight is 395 g/mol. The Bertz CT molecular complexity index is 764. The molecule has 0 bridgehead atoms. The first-order valence-electron chi connectivity index (χ1n) is 9.40. The maximum atomic E-state index is 10.4. The van der Waals surface area contributed by atoms with Crippen LogP contribution in [0.1, 0.15) is 30.9 Å². The number of benzene rings is 1. The fourth-order valence-electron chi connectivity index (χ4n) is 3.56. The second kappa shape index (κ2) is 8.95. The quantitative estimate of drug-likeness (QED) is 0.739. The second-order valence-corrected chi connectivity index (χ2v) is 7.34. The molecule has 1 N–H and O–H groups in total. The Morgan fingerprint density at radius 1 is 1.22 bits per heavy atom. The van der Waals surface area contributed by atoms with Gasteiger partial charge in [0.15, 0.2) is 11.5 Å². The molecule has 1 aromatic heterocycles. The van der Waals surface area contributed by atoms with Gasteiger partial charge in [0.25, 0.3) is 0 Å². The van der Waals surface area contributed by atoms with Crippen LogP contribution in [0.25, 0.3) is 0 Å². The number of nitrogens with zero attached hydrogens (tertiary/aromatic N) is 2. The van der Waals surface area contributed by atoms with E-state index in [9.17, 15) is 5.11 Å². The third kappa shape index (κ3) is 4.94. The summed E-state index contributed by atoms with van der Waals surface area (Å²) in [6, 6.07) is 5.81. The normalized spacial score (nSPS) is 20.2. The van der Waals surface area contributed by atoms with Gasteiger partial charge in [0.2, 0.25) is 0 Å². The average Bonchev–Trinajstić information content (AvgIpc) is 3.17. The second-order valence-electron chi connectivity index (χ2n) is 6.93. The van der Waals surface area contributed by atoms with E-state index in [0.717, 1.165) is 23.6 Å². The predicted octanol–water partition coefficient (Wildman–Crippen LogP) is 3.47. The summed E-state index contributed by atoms with van der Waals surface area (Å²) in [6.07, 6.45) is 0.298. The lowest BCUT2D eigenvalue weighted by atomic mass is 10.0. The smallest absolute Gasteiger partial charge is 0.179 e. The minimum Gasteiger partial charge on any atom is -0.490 e. The van der Waals surface area contributed by atoms with E-state index in [0.29, 0.717) is 49.2 Å². The number of aryl methyl sites for hydroxylation is 1. The van der Waals surface area contributed by atoms with Crippen molar-refractivity contribution in [1.29, 1.82) is 0 Å². The third-order valence-electron chi connectivity index (χ3n) is 4.69. The van der Waals surface area contributed by atoms with Crippen LogP contribution < -0.4 is 9.47 Å². The van der Waals surface area contributed by atoms with Crippen molar-refractivity contribution in [3.63, 3.8) is 0 Å². The summed E-state index contributed by atoms with van der Waals surface area (Å²) in [4.78, 5) is 2.22. The fourth-order valence-corrected chi connectivity index (χ4v) is 3.85. The van der Waals surface area contributed by atoms with Gasteiger partial charge in [-0.2, -0.15) is 0 Å². The molecule has 2 aromatic rings. The predicted molar refractivity (Wildman–Crippen MR) is 104 cm³/mol. The van der Waals surface area contributed by atoms with E-state index in [-0.39, 0.29) is 12.0 Å². The summed E-state index contributed by atoms with van der Waals surface area (Å²) in [6.45, 7) is 8.92. The van der Waals surface area contributed by atoms with Gasteiger partial charge >= 0.3 is 0 Å². The summed E-state index contributed by atoms with van der Waals surface area (Å²) >= 11 is 6.41. The van der Waals surface area contributed by atoms with Crippen LogP contribution >= 0.6 is 11.6 Å². The van der Waals surface area contributed by atoms with Gasteiger partial charge in [-0.25, -0.2) is 0 Å². The first-order chi connectivity index (χ1) is 13.0. The zero-order valence-corrected chi connectivity index (χ0v) is 16.8. The molecule has 0 saturated carbocycles. The van der Waals surface area contributed by atoms with Crippen LogP contribution in [-0.4, -0.2) is 47.6 Å². The zero-order valence-electron chi connectivity index (χ0n) is 16.1. The Labute approximate surface area is 165 Å². The number of aliphatic hydroxyl groups excluding tert-OH is 1. The number of rotatable bonds is 8. The van der Waals surface area contributed by atoms with Crippen LogP contribution in [0.2, 0.25) is 5.02 Å². The minimum absolute atomic E-state index is 0.127. The lowest BCUT2D eigenvalue weighted by Crippen LogP contribution is -2.21. The highest BCUT2D eigenvalue weighted by Crippen LogP contribution is 2.37. The van der Waals surface area contributed by atoms with Gasteiger partial charge in [-0.3, -0.25) is 4.90 Å². The van der Waals surface area contributed by atoms with E-state index < -0.39 is 0 Å². The van der Waals surface area contributed by atoms with Crippen LogP contribution in [0.5, 0.6) is 11.5 Å². The third-order valence-corrected chi connectivity index (χ3v) is 4.97. The van der Waals surface area contributed by atoms with Crippen molar-refractivity contribution in [3.05, 3.63) is 40.2 Å². The molecule has 1 fully saturated rings. The summed E-state index contributed by atoms with van der Waals surface area (Å²) in [7, 11) is 0. The fraction of sp³-hybridized carbons (Fsp3) is 0.550. The molecule has 1 aliphatic heterocycles. The molecule has 6 nitrogen and oxygen atoms in total. The summed E-state index contributed by atoms with van der Waals surface area (Å²) in [5, 5.41) is 14.9. The molecule has 2 atom stereocenters. The van der Waals surface area contributed by atoms with Crippen molar-refractivity contribution in [2.75, 3.05) is 26.3 Å². The maximum Gasteiger partial charge on any atom is 0.179 e. The molecule has 2 heterocycles. The maximum absolute atomic E-state index is 10.4. The van der Waals surface area contributed by atoms with Gasteiger partial charge in [0.1, 0.15) is 5.76 Å². The first kappa shape index (κ1) is 20.0. The van der Waals surface area contributed by atoms with Crippen LogP contribution in [0.15, 0.2) is 22.7 Å². The molecule has 7 heteroatoms. The molecule has 0 aliphatic carbocycles. The standard InChI is InChI=1S/C20H27ClN2O4/c1-4-25-19-8-14(7-17(21)20(19)26-5-2)10-23-11-15(18(24)12-23)9-16-6-13(3)22-27-16/h6-8,15,18,24H,4-5,9-12H2,1-3H3/t15-,18+/m1/s1. The number of halogens is 1. The molecule has 27 heavy (non-hydrogen) atoms. The van der Waals surface area contributed by atoms with Gasteiger partial charge in [-0.1, -0.05) is 16.8 Å². The lowest BCUT2D eigenvalue weighted by Gasteiger charge is -2.18. The highest BCUT2D eigenvalue weighted by Gasteiger charge is 2.32. The summed E-state index contributed by atoms with van der Waals surface area (Å²) in [5.74, 6) is 2.20. The molecule has 0 radical (unpaired) electrons. The van der Waals surface area contributed by atoms with Crippen molar-refractivity contribution < 1.29 is 19.1 Å². The van der Waals surface area contributed by atoms with Gasteiger partial charge in [-0.15, -0.1) is 0 Å². The highest BCUT2D eigenvalue weighted by molar-refractivity contribution is 6.32. The summed E-state index contributed by atoms with van der Waals surface area (Å²) < 4.78 is 16.6. The van der Waals surface area contributed by atoms with Crippen molar-refractivity contribution in [1.82, 2.24) is 10.1 Å². The van der Waals surface area contributed by atoms with E-state index in [1.165, 1.54) is 0 Å². The number of ether oxygens (including phenoxy) is 2. The Balaban J connectivity index is 1.68. The molecule has 0 amide bonds. The number of aliphatic hydroxyl groups is 1. The topological polar surface area (TPSA) is 68.0 Å². The Hall–Kier alpha value is -1.76. The molecule has 0 spiro atoms. The molecule has 1 aromatic carbocycles. The molecule has 0 unspecified atom stereocenters. The first-order valence-corrected chi connectivity index (χ1v) is 9.78. The Morgan fingerprint density at radius 2 is 2.00 bits per heavy atom. The van der Waals surface area contributed by atoms with Crippen LogP contribution in [0.4, 0.5) is 0 Å². The number of hydrogen-bond acceptors (Lipinski definition) is 6. The summed E-state index contributed by atoms with van der Waals surface area (Å²) in [5.41, 5.74) is 1.90. The Kier molecular flexibility index (Phi) is 6.63. The van der Waals surface area contributed by atoms with E-state index in [1.807, 2.05) is 39.0 Å². The minimum atomic E-state index is -0.389. The molecule has 1 saturated heterocycles. The largest absolute Gasteiger partial charge is 0.490 e. The SMILES string of the molecule is CCOc1cc(CN2C[C@@H](Cc3cc(C)no3)[C@@H](O)C2)cc(Cl)c1OCC. The number of β-amino-alcohol motifs (C(OH)–C–C–N with tert-alkyl or cyclic N) is 1. The van der Waals surface area contributed by atoms with E-state index in [1.54, 1.807) is 0 Å². The van der Waals surface area contributed by atoms with Gasteiger partial charge < -0.3 is 19.1 Å². The molecular formula is C20H27ClN2O4. The van der Waals surface area contributed by atoms with Crippen LogP contribution in [0.3, 0.4) is 0 Å². The number of likely N-dealkylation sites (tertiary alicyclic amines) is 1. The van der Waals surface area contributed by atoms with Gasteiger partial charge in [0.05, 0.1) is 30.0 Å². The van der Waals surface area contributed by atoms with Gasteiger partial charge in [-0.05, 0) is 38.5 Å². The van der Waals surface area contributed by atoms with Crippen molar-refractivity contribution in [2.45, 2.75) is 39.8 Å². The monoisotopic (exact) mass is 394 g/mol. The molecule has 148 valence electrons. The zero-order chi connectivity index (χ0) is 19.4. The number of hydrogen-bond donors (Lipinski definition) is 1. The van der Waals surface area contributed by atoms with Crippen LogP contribution in [0, 0.1) is 12.8 Å². The molecule has 1 aliphatic rings. The molecular weight excluding hydrogens is 368 g/mol. The van der Waals surface area contributed by atoms with E-state index in [2.05, 4.69) is 10.1 Å². The van der Waals surface area contributed by atoms with E-state index >= 15 is 0 Å². The highest BCUT2D eigenvalue weighted by atomic mass is 35.5. The van der Waals surface area contributed by atoms with Crippen molar-refractivity contribution >= 4 is 11.6 Å². The van der Waals surface area contributed by atoms with Crippen LogP contribution in [-0.2, 0) is 13.0 Å². The van der Waals surface area contributed by atoms with Crippen molar-refractivity contribution in [2.24, 2.45) is 5.92 Å².